The number of hydrogen-bond donors (Lipinski definition) is 1. The van der Waals surface area contributed by atoms with E-state index in [1.54, 1.807) is 0 Å². The lowest BCUT2D eigenvalue weighted by Crippen LogP contribution is -2.17. The van der Waals surface area contributed by atoms with Crippen LogP contribution in [0.5, 0.6) is 0 Å². The first-order valence-electron chi connectivity index (χ1n) is 14.7. The molecule has 0 aromatic rings. The Hall–Kier alpha value is -1.32. The molecule has 0 aromatic carbocycles. The van der Waals surface area contributed by atoms with Gasteiger partial charge in [-0.1, -0.05) is 103 Å². The molecule has 0 amide bonds. The second-order valence-electron chi connectivity index (χ2n) is 9.91. The molecule has 0 bridgehead atoms. The van der Waals surface area contributed by atoms with E-state index in [4.69, 9.17) is 9.84 Å². The van der Waals surface area contributed by atoms with E-state index < -0.39 is 5.97 Å². The van der Waals surface area contributed by atoms with Gasteiger partial charge in [-0.05, 0) is 57.8 Å². The summed E-state index contributed by atoms with van der Waals surface area (Å²) in [4.78, 5) is 22.6. The number of ether oxygens (including phenoxy) is 1. The van der Waals surface area contributed by atoms with E-state index in [0.29, 0.717) is 12.8 Å². The number of allylic oxidation sites excluding steroid dienone is 2. The van der Waals surface area contributed by atoms with Gasteiger partial charge in [0.15, 0.2) is 0 Å². The summed E-state index contributed by atoms with van der Waals surface area (Å²) in [5, 5.41) is 8.63. The van der Waals surface area contributed by atoms with Gasteiger partial charge in [0.1, 0.15) is 6.10 Å². The minimum atomic E-state index is -0.687. The molecule has 0 radical (unpaired) electrons. The molecule has 0 saturated carbocycles. The first-order valence-corrected chi connectivity index (χ1v) is 14.7. The number of carboxylic acid groups (broad SMARTS) is 1. The third-order valence-electron chi connectivity index (χ3n) is 6.56. The molecular formula is C30H56O4. The van der Waals surface area contributed by atoms with Crippen molar-refractivity contribution in [2.45, 2.75) is 168 Å². The van der Waals surface area contributed by atoms with Gasteiger partial charge in [-0.2, -0.15) is 0 Å². The fourth-order valence-corrected chi connectivity index (χ4v) is 4.29. The molecule has 0 spiro atoms. The van der Waals surface area contributed by atoms with Gasteiger partial charge >= 0.3 is 11.9 Å². The Bertz CT molecular complexity index is 486. The van der Waals surface area contributed by atoms with Gasteiger partial charge < -0.3 is 9.84 Å². The smallest absolute Gasteiger partial charge is 0.306 e. The lowest BCUT2D eigenvalue weighted by Gasteiger charge is -2.16. The normalized spacial score (nSPS) is 12.3. The zero-order chi connectivity index (χ0) is 25.1. The summed E-state index contributed by atoms with van der Waals surface area (Å²) in [6, 6.07) is 0. The lowest BCUT2D eigenvalue weighted by molar-refractivity contribution is -0.149. The average Bonchev–Trinajstić information content (AvgIpc) is 2.82. The van der Waals surface area contributed by atoms with Gasteiger partial charge in [0, 0.05) is 12.8 Å². The number of carbonyl (C=O) groups is 2. The lowest BCUT2D eigenvalue weighted by atomic mass is 10.0. The van der Waals surface area contributed by atoms with Crippen molar-refractivity contribution in [1.29, 1.82) is 0 Å². The van der Waals surface area contributed by atoms with Gasteiger partial charge in [-0.25, -0.2) is 0 Å². The summed E-state index contributed by atoms with van der Waals surface area (Å²) in [7, 11) is 0. The number of rotatable bonds is 26. The molecule has 0 aromatic heterocycles. The zero-order valence-electron chi connectivity index (χ0n) is 22.7. The average molecular weight is 481 g/mol. The first kappa shape index (κ1) is 32.7. The standard InChI is InChI=1S/C30H56O4/c1-3-5-6-7-8-9-10-11-12-13-18-21-24-27-30(33)34-28(4-2)25-22-19-16-14-15-17-20-23-26-29(31)32/h9-10,28H,3-8,11-27H2,1-2H3,(H,31,32)/b10-9-. The number of carbonyl (C=O) groups excluding carboxylic acids is 1. The predicted molar refractivity (Wildman–Crippen MR) is 144 cm³/mol. The van der Waals surface area contributed by atoms with E-state index >= 15 is 0 Å². The molecule has 0 heterocycles. The molecule has 0 rings (SSSR count). The van der Waals surface area contributed by atoms with Crippen LogP contribution >= 0.6 is 0 Å². The third-order valence-corrected chi connectivity index (χ3v) is 6.56. The van der Waals surface area contributed by atoms with Crippen molar-refractivity contribution in [1.82, 2.24) is 0 Å². The van der Waals surface area contributed by atoms with Crippen molar-refractivity contribution in [3.63, 3.8) is 0 Å². The van der Waals surface area contributed by atoms with Gasteiger partial charge in [-0.15, -0.1) is 0 Å². The molecule has 4 heteroatoms. The molecule has 0 saturated heterocycles. The van der Waals surface area contributed by atoms with E-state index in [0.717, 1.165) is 51.4 Å². The maximum atomic E-state index is 12.1. The molecule has 0 aliphatic carbocycles. The topological polar surface area (TPSA) is 63.6 Å². The Morgan fingerprint density at radius 3 is 1.65 bits per heavy atom. The van der Waals surface area contributed by atoms with Gasteiger partial charge in [0.25, 0.3) is 0 Å². The minimum absolute atomic E-state index is 0.0146. The van der Waals surface area contributed by atoms with Crippen LogP contribution in [0, 0.1) is 0 Å². The summed E-state index contributed by atoms with van der Waals surface area (Å²) in [5.74, 6) is -0.701. The zero-order valence-corrected chi connectivity index (χ0v) is 22.7. The van der Waals surface area contributed by atoms with Crippen LogP contribution in [0.4, 0.5) is 0 Å². The second kappa shape index (κ2) is 26.3. The predicted octanol–water partition coefficient (Wildman–Crippen LogP) is 9.55. The minimum Gasteiger partial charge on any atom is -0.481 e. The summed E-state index contributed by atoms with van der Waals surface area (Å²) in [6.45, 7) is 4.36. The molecule has 4 nitrogen and oxygen atoms in total. The van der Waals surface area contributed by atoms with Gasteiger partial charge in [0.2, 0.25) is 0 Å². The van der Waals surface area contributed by atoms with Crippen LogP contribution in [0.2, 0.25) is 0 Å². The molecular weight excluding hydrogens is 424 g/mol. The Balaban J connectivity index is 3.49. The molecule has 1 N–H and O–H groups in total. The van der Waals surface area contributed by atoms with Gasteiger partial charge in [-0.3, -0.25) is 9.59 Å². The van der Waals surface area contributed by atoms with E-state index in [9.17, 15) is 9.59 Å². The SMILES string of the molecule is CCCCCC/C=C\CCCCCCCC(=O)OC(CC)CCCCCCCCCCC(=O)O. The highest BCUT2D eigenvalue weighted by atomic mass is 16.5. The number of aliphatic carboxylic acids is 1. The van der Waals surface area contributed by atoms with Crippen LogP contribution in [-0.4, -0.2) is 23.1 Å². The van der Waals surface area contributed by atoms with Crippen LogP contribution in [0.15, 0.2) is 12.2 Å². The highest BCUT2D eigenvalue weighted by Crippen LogP contribution is 2.15. The van der Waals surface area contributed by atoms with Crippen LogP contribution in [0.3, 0.4) is 0 Å². The Labute approximate surface area is 211 Å². The summed E-state index contributed by atoms with van der Waals surface area (Å²) in [6.07, 6.45) is 30.1. The van der Waals surface area contributed by atoms with Crippen molar-refractivity contribution in [3.8, 4) is 0 Å². The largest absolute Gasteiger partial charge is 0.481 e. The maximum absolute atomic E-state index is 12.1. The molecule has 0 aliphatic rings. The van der Waals surface area contributed by atoms with Crippen molar-refractivity contribution < 1.29 is 19.4 Å². The van der Waals surface area contributed by atoms with Crippen LogP contribution in [0.25, 0.3) is 0 Å². The van der Waals surface area contributed by atoms with Crippen molar-refractivity contribution in [3.05, 3.63) is 12.2 Å². The second-order valence-corrected chi connectivity index (χ2v) is 9.91. The summed E-state index contributed by atoms with van der Waals surface area (Å²) in [5.41, 5.74) is 0. The van der Waals surface area contributed by atoms with E-state index in [2.05, 4.69) is 26.0 Å². The number of esters is 1. The molecule has 1 unspecified atom stereocenters. The van der Waals surface area contributed by atoms with Crippen molar-refractivity contribution in [2.75, 3.05) is 0 Å². The highest BCUT2D eigenvalue weighted by molar-refractivity contribution is 5.69. The molecule has 200 valence electrons. The fraction of sp³-hybridized carbons (Fsp3) is 0.867. The molecule has 34 heavy (non-hydrogen) atoms. The molecule has 0 aliphatic heterocycles. The number of hydrogen-bond acceptors (Lipinski definition) is 3. The highest BCUT2D eigenvalue weighted by Gasteiger charge is 2.12. The monoisotopic (exact) mass is 480 g/mol. The van der Waals surface area contributed by atoms with Gasteiger partial charge in [0.05, 0.1) is 0 Å². The molecule has 0 fully saturated rings. The van der Waals surface area contributed by atoms with E-state index in [-0.39, 0.29) is 12.1 Å². The van der Waals surface area contributed by atoms with E-state index in [1.165, 1.54) is 83.5 Å². The van der Waals surface area contributed by atoms with Crippen LogP contribution < -0.4 is 0 Å². The van der Waals surface area contributed by atoms with E-state index in [1.807, 2.05) is 0 Å². The Morgan fingerprint density at radius 2 is 1.12 bits per heavy atom. The fourth-order valence-electron chi connectivity index (χ4n) is 4.29. The third kappa shape index (κ3) is 25.3. The number of carboxylic acids is 1. The molecule has 1 atom stereocenters. The summed E-state index contributed by atoms with van der Waals surface area (Å²) >= 11 is 0. The van der Waals surface area contributed by atoms with Crippen LogP contribution in [0.1, 0.15) is 162 Å². The Kier molecular flexibility index (Phi) is 25.3. The summed E-state index contributed by atoms with van der Waals surface area (Å²) < 4.78 is 5.70. The number of unbranched alkanes of at least 4 members (excludes halogenated alkanes) is 16. The quantitative estimate of drug-likeness (QED) is 0.0760. The van der Waals surface area contributed by atoms with Crippen molar-refractivity contribution >= 4 is 11.9 Å². The first-order chi connectivity index (χ1) is 16.6. The Morgan fingerprint density at radius 1 is 0.647 bits per heavy atom. The maximum Gasteiger partial charge on any atom is 0.306 e. The van der Waals surface area contributed by atoms with Crippen molar-refractivity contribution in [2.24, 2.45) is 0 Å². The van der Waals surface area contributed by atoms with Crippen LogP contribution in [-0.2, 0) is 14.3 Å².